The van der Waals surface area contributed by atoms with E-state index in [4.69, 9.17) is 0 Å². The van der Waals surface area contributed by atoms with Crippen molar-refractivity contribution in [2.75, 3.05) is 19.6 Å². The quantitative estimate of drug-likeness (QED) is 0.894. The molecule has 3 nitrogen and oxygen atoms in total. The maximum atomic E-state index is 12.4. The highest BCUT2D eigenvalue weighted by Crippen LogP contribution is 2.48. The van der Waals surface area contributed by atoms with Crippen LogP contribution in [0.3, 0.4) is 0 Å². The zero-order chi connectivity index (χ0) is 13.1. The normalized spacial score (nSPS) is 23.5. The molecular formula is C16H23ClN2O. The number of nitrogens with one attached hydrogen (secondary N) is 2. The summed E-state index contributed by atoms with van der Waals surface area (Å²) < 4.78 is 0. The van der Waals surface area contributed by atoms with Crippen molar-refractivity contribution in [2.24, 2.45) is 5.92 Å². The molecule has 1 unspecified atom stereocenters. The Labute approximate surface area is 126 Å². The minimum absolute atomic E-state index is 0. The lowest BCUT2D eigenvalue weighted by Crippen LogP contribution is -2.41. The van der Waals surface area contributed by atoms with Crippen LogP contribution < -0.4 is 10.6 Å². The molecule has 20 heavy (non-hydrogen) atoms. The van der Waals surface area contributed by atoms with Crippen molar-refractivity contribution < 1.29 is 4.79 Å². The standard InChI is InChI=1S/C16H22N2O.ClH/c19-15(18-12-13-5-4-10-17-11-13)16(8-9-16)14-6-2-1-3-7-14;/h1-3,6-7,13,17H,4-5,8-12H2,(H,18,19);1H. The average molecular weight is 295 g/mol. The molecule has 4 heteroatoms. The smallest absolute Gasteiger partial charge is 0.230 e. The van der Waals surface area contributed by atoms with Crippen LogP contribution in [-0.4, -0.2) is 25.5 Å². The number of hydrogen-bond acceptors (Lipinski definition) is 2. The highest BCUT2D eigenvalue weighted by atomic mass is 35.5. The molecule has 3 rings (SSSR count). The van der Waals surface area contributed by atoms with Crippen molar-refractivity contribution in [2.45, 2.75) is 31.1 Å². The molecule has 0 spiro atoms. The molecule has 1 aromatic carbocycles. The molecule has 0 aromatic heterocycles. The second-order valence-electron chi connectivity index (χ2n) is 5.87. The SMILES string of the molecule is Cl.O=C(NCC1CCCNC1)C1(c2ccccc2)CC1. The predicted molar refractivity (Wildman–Crippen MR) is 83.2 cm³/mol. The zero-order valence-electron chi connectivity index (χ0n) is 11.7. The molecule has 110 valence electrons. The molecule has 1 aliphatic heterocycles. The average Bonchev–Trinajstić information content (AvgIpc) is 3.28. The summed E-state index contributed by atoms with van der Waals surface area (Å²) in [6, 6.07) is 10.2. The van der Waals surface area contributed by atoms with E-state index in [0.717, 1.165) is 32.5 Å². The molecule has 1 atom stereocenters. The first kappa shape index (κ1) is 15.3. The van der Waals surface area contributed by atoms with E-state index in [0.29, 0.717) is 5.92 Å². The molecule has 0 radical (unpaired) electrons. The molecule has 2 aliphatic rings. The first-order chi connectivity index (χ1) is 9.31. The number of hydrogen-bond donors (Lipinski definition) is 2. The Morgan fingerprint density at radius 1 is 1.30 bits per heavy atom. The van der Waals surface area contributed by atoms with Crippen LogP contribution in [0.1, 0.15) is 31.2 Å². The molecule has 1 amide bonds. The van der Waals surface area contributed by atoms with Gasteiger partial charge in [-0.2, -0.15) is 0 Å². The Bertz CT molecular complexity index is 439. The van der Waals surface area contributed by atoms with Gasteiger partial charge in [0, 0.05) is 6.54 Å². The van der Waals surface area contributed by atoms with Gasteiger partial charge in [0.2, 0.25) is 5.91 Å². The Hall–Kier alpha value is -1.06. The summed E-state index contributed by atoms with van der Waals surface area (Å²) in [5.41, 5.74) is 0.956. The Morgan fingerprint density at radius 3 is 2.65 bits per heavy atom. The molecule has 1 saturated carbocycles. The summed E-state index contributed by atoms with van der Waals surface area (Å²) in [5.74, 6) is 0.827. The van der Waals surface area contributed by atoms with Crippen LogP contribution in [0.4, 0.5) is 0 Å². The van der Waals surface area contributed by atoms with Crippen molar-refractivity contribution >= 4 is 18.3 Å². The van der Waals surface area contributed by atoms with E-state index >= 15 is 0 Å². The fourth-order valence-corrected chi connectivity index (χ4v) is 3.03. The maximum Gasteiger partial charge on any atom is 0.230 e. The van der Waals surface area contributed by atoms with E-state index < -0.39 is 0 Å². The third kappa shape index (κ3) is 3.15. The van der Waals surface area contributed by atoms with Crippen LogP contribution in [-0.2, 0) is 10.2 Å². The lowest BCUT2D eigenvalue weighted by Gasteiger charge is -2.24. The molecule has 0 bridgehead atoms. The molecule has 1 aromatic rings. The van der Waals surface area contributed by atoms with E-state index in [9.17, 15) is 4.79 Å². The van der Waals surface area contributed by atoms with E-state index in [1.165, 1.54) is 18.4 Å². The molecule has 2 fully saturated rings. The zero-order valence-corrected chi connectivity index (χ0v) is 12.5. The highest BCUT2D eigenvalue weighted by Gasteiger charge is 2.51. The predicted octanol–water partition coefficient (Wildman–Crippen LogP) is 2.26. The van der Waals surface area contributed by atoms with Gasteiger partial charge in [0.05, 0.1) is 5.41 Å². The van der Waals surface area contributed by atoms with Crippen LogP contribution in [0, 0.1) is 5.92 Å². The van der Waals surface area contributed by atoms with Gasteiger partial charge >= 0.3 is 0 Å². The van der Waals surface area contributed by atoms with E-state index in [2.05, 4.69) is 22.8 Å². The summed E-state index contributed by atoms with van der Waals surface area (Å²) in [5, 5.41) is 6.57. The van der Waals surface area contributed by atoms with Gasteiger partial charge in [-0.3, -0.25) is 4.79 Å². The van der Waals surface area contributed by atoms with E-state index in [-0.39, 0.29) is 23.7 Å². The van der Waals surface area contributed by atoms with Gasteiger partial charge in [-0.05, 0) is 50.3 Å². The monoisotopic (exact) mass is 294 g/mol. The molecule has 1 aliphatic carbocycles. The van der Waals surface area contributed by atoms with E-state index in [1.54, 1.807) is 0 Å². The lowest BCUT2D eigenvalue weighted by molar-refractivity contribution is -0.123. The highest BCUT2D eigenvalue weighted by molar-refractivity contribution is 5.91. The number of carbonyl (C=O) groups excluding carboxylic acids is 1. The van der Waals surface area contributed by atoms with E-state index in [1.807, 2.05) is 18.2 Å². The van der Waals surface area contributed by atoms with Crippen LogP contribution >= 0.6 is 12.4 Å². The van der Waals surface area contributed by atoms with Gasteiger partial charge in [0.25, 0.3) is 0 Å². The number of carbonyl (C=O) groups is 1. The number of halogens is 1. The van der Waals surface area contributed by atoms with Gasteiger partial charge in [0.1, 0.15) is 0 Å². The van der Waals surface area contributed by atoms with Crippen molar-refractivity contribution in [1.29, 1.82) is 0 Å². The van der Waals surface area contributed by atoms with Gasteiger partial charge in [-0.15, -0.1) is 12.4 Å². The summed E-state index contributed by atoms with van der Waals surface area (Å²) in [6.07, 6.45) is 4.44. The number of benzene rings is 1. The maximum absolute atomic E-state index is 12.4. The molecule has 1 heterocycles. The Balaban J connectivity index is 0.00000147. The van der Waals surface area contributed by atoms with Crippen LogP contribution in [0.2, 0.25) is 0 Å². The summed E-state index contributed by atoms with van der Waals surface area (Å²) in [4.78, 5) is 12.4. The van der Waals surface area contributed by atoms with Crippen LogP contribution in [0.25, 0.3) is 0 Å². The van der Waals surface area contributed by atoms with Crippen molar-refractivity contribution in [3.8, 4) is 0 Å². The van der Waals surface area contributed by atoms with Gasteiger partial charge < -0.3 is 10.6 Å². The fourth-order valence-electron chi connectivity index (χ4n) is 3.03. The second-order valence-corrected chi connectivity index (χ2v) is 5.87. The first-order valence-corrected chi connectivity index (χ1v) is 7.36. The van der Waals surface area contributed by atoms with Crippen LogP contribution in [0.15, 0.2) is 30.3 Å². The summed E-state index contributed by atoms with van der Waals surface area (Å²) in [7, 11) is 0. The van der Waals surface area contributed by atoms with Crippen LogP contribution in [0.5, 0.6) is 0 Å². The van der Waals surface area contributed by atoms with Crippen molar-refractivity contribution in [3.05, 3.63) is 35.9 Å². The van der Waals surface area contributed by atoms with Gasteiger partial charge in [-0.25, -0.2) is 0 Å². The molecular weight excluding hydrogens is 272 g/mol. The number of rotatable bonds is 4. The van der Waals surface area contributed by atoms with Crippen molar-refractivity contribution in [3.63, 3.8) is 0 Å². The van der Waals surface area contributed by atoms with Gasteiger partial charge in [-0.1, -0.05) is 30.3 Å². The Morgan fingerprint density at radius 2 is 2.05 bits per heavy atom. The molecule has 1 saturated heterocycles. The summed E-state index contributed by atoms with van der Waals surface area (Å²) >= 11 is 0. The third-order valence-electron chi connectivity index (χ3n) is 4.46. The second kappa shape index (κ2) is 6.59. The number of amides is 1. The summed E-state index contributed by atoms with van der Waals surface area (Å²) in [6.45, 7) is 2.98. The largest absolute Gasteiger partial charge is 0.355 e. The first-order valence-electron chi connectivity index (χ1n) is 7.36. The van der Waals surface area contributed by atoms with Crippen molar-refractivity contribution in [1.82, 2.24) is 10.6 Å². The minimum atomic E-state index is -0.219. The fraction of sp³-hybridized carbons (Fsp3) is 0.562. The topological polar surface area (TPSA) is 41.1 Å². The minimum Gasteiger partial charge on any atom is -0.355 e. The van der Waals surface area contributed by atoms with Gasteiger partial charge in [0.15, 0.2) is 0 Å². The lowest BCUT2D eigenvalue weighted by atomic mass is 9.94. The Kier molecular flexibility index (Phi) is 5.06. The number of piperidine rings is 1. The molecule has 2 N–H and O–H groups in total. The third-order valence-corrected chi connectivity index (χ3v) is 4.46.